The summed E-state index contributed by atoms with van der Waals surface area (Å²) in [5, 5.41) is 7.07. The number of hydrogen-bond donors (Lipinski definition) is 1. The minimum absolute atomic E-state index is 0.106. The van der Waals surface area contributed by atoms with Crippen molar-refractivity contribution >= 4 is 0 Å². The van der Waals surface area contributed by atoms with Crippen molar-refractivity contribution in [3.05, 3.63) is 18.0 Å². The van der Waals surface area contributed by atoms with E-state index in [9.17, 15) is 13.2 Å². The van der Waals surface area contributed by atoms with Crippen molar-refractivity contribution in [2.24, 2.45) is 13.0 Å². The maximum Gasteiger partial charge on any atom is 0.391 e. The summed E-state index contributed by atoms with van der Waals surface area (Å²) in [6.07, 6.45) is -0.426. The Morgan fingerprint density at radius 3 is 2.81 bits per heavy atom. The van der Waals surface area contributed by atoms with Gasteiger partial charge in [-0.25, -0.2) is 0 Å². The largest absolute Gasteiger partial charge is 0.391 e. The van der Waals surface area contributed by atoms with Crippen molar-refractivity contribution in [1.29, 1.82) is 0 Å². The highest BCUT2D eigenvalue weighted by molar-refractivity contribution is 5.11. The molecule has 2 rings (SSSR count). The smallest absolute Gasteiger partial charge is 0.310 e. The van der Waals surface area contributed by atoms with E-state index in [1.807, 2.05) is 0 Å². The van der Waals surface area contributed by atoms with Gasteiger partial charge in [-0.2, -0.15) is 18.3 Å². The molecule has 2 unspecified atom stereocenters. The van der Waals surface area contributed by atoms with E-state index in [0.717, 1.165) is 5.56 Å². The van der Waals surface area contributed by atoms with E-state index >= 15 is 0 Å². The number of halogens is 3. The topological polar surface area (TPSA) is 29.9 Å². The van der Waals surface area contributed by atoms with Crippen molar-refractivity contribution in [2.75, 3.05) is 6.54 Å². The number of piperidine rings is 1. The number of hydrogen-bond acceptors (Lipinski definition) is 2. The van der Waals surface area contributed by atoms with Crippen LogP contribution in [0.2, 0.25) is 0 Å². The second-order valence-corrected chi connectivity index (χ2v) is 4.22. The first-order chi connectivity index (χ1) is 7.47. The zero-order valence-corrected chi connectivity index (χ0v) is 8.96. The van der Waals surface area contributed by atoms with Gasteiger partial charge in [-0.3, -0.25) is 4.68 Å². The highest BCUT2D eigenvalue weighted by Gasteiger charge is 2.42. The van der Waals surface area contributed by atoms with Crippen LogP contribution in [-0.4, -0.2) is 22.5 Å². The Hall–Kier alpha value is -1.04. The predicted molar refractivity (Wildman–Crippen MR) is 52.7 cm³/mol. The Morgan fingerprint density at radius 1 is 1.50 bits per heavy atom. The first-order valence-corrected chi connectivity index (χ1v) is 5.25. The van der Waals surface area contributed by atoms with Gasteiger partial charge in [0.1, 0.15) is 0 Å². The lowest BCUT2D eigenvalue weighted by molar-refractivity contribution is -0.183. The molecule has 0 aliphatic carbocycles. The van der Waals surface area contributed by atoms with E-state index < -0.39 is 12.1 Å². The Morgan fingerprint density at radius 2 is 2.25 bits per heavy atom. The minimum Gasteiger partial charge on any atom is -0.310 e. The van der Waals surface area contributed by atoms with E-state index in [-0.39, 0.29) is 18.9 Å². The van der Waals surface area contributed by atoms with E-state index in [2.05, 4.69) is 10.4 Å². The molecule has 0 saturated carbocycles. The highest BCUT2D eigenvalue weighted by Crippen LogP contribution is 2.37. The lowest BCUT2D eigenvalue weighted by atomic mass is 9.89. The van der Waals surface area contributed by atoms with Gasteiger partial charge in [0.25, 0.3) is 0 Å². The zero-order valence-electron chi connectivity index (χ0n) is 8.96. The summed E-state index contributed by atoms with van der Waals surface area (Å²) in [6.45, 7) is 0.406. The lowest BCUT2D eigenvalue weighted by Crippen LogP contribution is -2.37. The summed E-state index contributed by atoms with van der Waals surface area (Å²) >= 11 is 0. The van der Waals surface area contributed by atoms with Gasteiger partial charge in [0.05, 0.1) is 12.1 Å². The van der Waals surface area contributed by atoms with Crippen LogP contribution in [0.25, 0.3) is 0 Å². The molecule has 0 bridgehead atoms. The monoisotopic (exact) mass is 233 g/mol. The summed E-state index contributed by atoms with van der Waals surface area (Å²) in [4.78, 5) is 0. The lowest BCUT2D eigenvalue weighted by Gasteiger charge is -2.31. The van der Waals surface area contributed by atoms with E-state index in [1.165, 1.54) is 0 Å². The normalized spacial score (nSPS) is 27.0. The molecule has 1 saturated heterocycles. The molecule has 1 aliphatic rings. The van der Waals surface area contributed by atoms with Gasteiger partial charge >= 0.3 is 6.18 Å². The summed E-state index contributed by atoms with van der Waals surface area (Å²) < 4.78 is 39.4. The maximum absolute atomic E-state index is 12.6. The van der Waals surface area contributed by atoms with Gasteiger partial charge in [0.15, 0.2) is 0 Å². The van der Waals surface area contributed by atoms with Gasteiger partial charge in [-0.1, -0.05) is 0 Å². The predicted octanol–water partition coefficient (Wildman–Crippen LogP) is 2.02. The Bertz CT molecular complexity index is 358. The molecule has 6 heteroatoms. The Balaban J connectivity index is 2.07. The molecule has 0 spiro atoms. The van der Waals surface area contributed by atoms with Crippen LogP contribution in [0.1, 0.15) is 24.4 Å². The standard InChI is InChI=1S/C10H14F3N3/c1-16-6-7(5-15-16)9-4-8(2-3-14-9)10(11,12)13/h5-6,8-9,14H,2-4H2,1H3. The molecule has 0 amide bonds. The molecule has 2 atom stereocenters. The van der Waals surface area contributed by atoms with Gasteiger partial charge in [-0.05, 0) is 19.4 Å². The molecule has 2 heterocycles. The average molecular weight is 233 g/mol. The van der Waals surface area contributed by atoms with Crippen LogP contribution in [0.3, 0.4) is 0 Å². The fourth-order valence-electron chi connectivity index (χ4n) is 2.09. The maximum atomic E-state index is 12.6. The first-order valence-electron chi connectivity index (χ1n) is 5.25. The van der Waals surface area contributed by atoms with Crippen LogP contribution in [0.5, 0.6) is 0 Å². The first kappa shape index (κ1) is 11.4. The molecule has 3 nitrogen and oxygen atoms in total. The third-order valence-corrected chi connectivity index (χ3v) is 2.99. The third-order valence-electron chi connectivity index (χ3n) is 2.99. The fourth-order valence-corrected chi connectivity index (χ4v) is 2.09. The molecular formula is C10H14F3N3. The third kappa shape index (κ3) is 2.37. The van der Waals surface area contributed by atoms with Crippen LogP contribution in [0, 0.1) is 5.92 Å². The molecule has 1 aromatic heterocycles. The Kier molecular flexibility index (Phi) is 2.92. The quantitative estimate of drug-likeness (QED) is 0.804. The number of aryl methyl sites for hydroxylation is 1. The molecule has 0 radical (unpaired) electrons. The molecular weight excluding hydrogens is 219 g/mol. The van der Waals surface area contributed by atoms with Crippen molar-refractivity contribution in [3.8, 4) is 0 Å². The van der Waals surface area contributed by atoms with Gasteiger partial charge < -0.3 is 5.32 Å². The molecule has 1 aliphatic heterocycles. The SMILES string of the molecule is Cn1cc(C2CC(C(F)(F)F)CCN2)cn1. The van der Waals surface area contributed by atoms with Crippen LogP contribution in [0.15, 0.2) is 12.4 Å². The number of alkyl halides is 3. The van der Waals surface area contributed by atoms with Crippen LogP contribution in [-0.2, 0) is 7.05 Å². The summed E-state index contributed by atoms with van der Waals surface area (Å²) in [5.41, 5.74) is 0.830. The average Bonchev–Trinajstić information content (AvgIpc) is 2.64. The second-order valence-electron chi connectivity index (χ2n) is 4.22. The zero-order chi connectivity index (χ0) is 11.8. The van der Waals surface area contributed by atoms with Gasteiger partial charge in [-0.15, -0.1) is 0 Å². The van der Waals surface area contributed by atoms with Crippen molar-refractivity contribution in [2.45, 2.75) is 25.1 Å². The number of nitrogens with one attached hydrogen (secondary N) is 1. The highest BCUT2D eigenvalue weighted by atomic mass is 19.4. The van der Waals surface area contributed by atoms with E-state index in [4.69, 9.17) is 0 Å². The summed E-state index contributed by atoms with van der Waals surface area (Å²) in [5.74, 6) is -1.20. The molecule has 0 aromatic carbocycles. The number of aromatic nitrogens is 2. The minimum atomic E-state index is -4.08. The van der Waals surface area contributed by atoms with Gasteiger partial charge in [0, 0.05) is 24.8 Å². The molecule has 16 heavy (non-hydrogen) atoms. The Labute approximate surface area is 91.6 Å². The van der Waals surface area contributed by atoms with Gasteiger partial charge in [0.2, 0.25) is 0 Å². The van der Waals surface area contributed by atoms with Crippen molar-refractivity contribution in [3.63, 3.8) is 0 Å². The summed E-state index contributed by atoms with van der Waals surface area (Å²) in [7, 11) is 1.76. The molecule has 1 fully saturated rings. The van der Waals surface area contributed by atoms with Crippen LogP contribution >= 0.6 is 0 Å². The van der Waals surface area contributed by atoms with Crippen molar-refractivity contribution in [1.82, 2.24) is 15.1 Å². The van der Waals surface area contributed by atoms with Crippen LogP contribution < -0.4 is 5.32 Å². The molecule has 90 valence electrons. The molecule has 1 N–H and O–H groups in total. The van der Waals surface area contributed by atoms with E-state index in [0.29, 0.717) is 6.54 Å². The fraction of sp³-hybridized carbons (Fsp3) is 0.700. The summed E-state index contributed by atoms with van der Waals surface area (Å²) in [6, 6.07) is -0.228. The second kappa shape index (κ2) is 4.08. The van der Waals surface area contributed by atoms with Crippen molar-refractivity contribution < 1.29 is 13.2 Å². The molecule has 1 aromatic rings. The van der Waals surface area contributed by atoms with Crippen LogP contribution in [0.4, 0.5) is 13.2 Å². The number of rotatable bonds is 1. The van der Waals surface area contributed by atoms with E-state index in [1.54, 1.807) is 24.1 Å². The number of nitrogens with zero attached hydrogens (tertiary/aromatic N) is 2.